The highest BCUT2D eigenvalue weighted by Crippen LogP contribution is 2.29. The molecule has 0 aromatic carbocycles. The Kier molecular flexibility index (Phi) is 1.40. The summed E-state index contributed by atoms with van der Waals surface area (Å²) in [4.78, 5) is 10.8. The zero-order valence-electron chi connectivity index (χ0n) is 5.97. The normalized spacial score (nSPS) is 39.0. The second kappa shape index (κ2) is 2.26. The average Bonchev–Trinajstić information content (AvgIpc) is 2.27. The van der Waals surface area contributed by atoms with Crippen molar-refractivity contribution in [2.24, 2.45) is 5.92 Å². The lowest BCUT2D eigenvalue weighted by molar-refractivity contribution is -0.116. The van der Waals surface area contributed by atoms with E-state index in [2.05, 4.69) is 5.32 Å². The predicted molar refractivity (Wildman–Crippen MR) is 38.2 cm³/mol. The van der Waals surface area contributed by atoms with Gasteiger partial charge in [0.2, 0.25) is 5.91 Å². The Labute approximate surface area is 61.0 Å². The number of rotatable bonds is 0. The lowest BCUT2D eigenvalue weighted by Crippen LogP contribution is -2.30. The molecule has 2 atom stereocenters. The first-order chi connectivity index (χ1) is 4.86. The fourth-order valence-corrected chi connectivity index (χ4v) is 1.96. The lowest BCUT2D eigenvalue weighted by atomic mass is 9.85. The van der Waals surface area contributed by atoms with E-state index in [1.54, 1.807) is 0 Å². The van der Waals surface area contributed by atoms with Crippen molar-refractivity contribution < 1.29 is 4.79 Å². The van der Waals surface area contributed by atoms with E-state index < -0.39 is 0 Å². The van der Waals surface area contributed by atoms with Crippen LogP contribution in [0.5, 0.6) is 0 Å². The highest BCUT2D eigenvalue weighted by atomic mass is 16.2. The van der Waals surface area contributed by atoms with Crippen LogP contribution in [0.2, 0.25) is 0 Å². The summed E-state index contributed by atoms with van der Waals surface area (Å²) < 4.78 is 0. The van der Waals surface area contributed by atoms with Crippen molar-refractivity contribution in [3.63, 3.8) is 0 Å². The van der Waals surface area contributed by atoms with Gasteiger partial charge in [0.15, 0.2) is 0 Å². The van der Waals surface area contributed by atoms with Gasteiger partial charge in [-0.3, -0.25) is 4.79 Å². The minimum Gasteiger partial charge on any atom is -0.353 e. The van der Waals surface area contributed by atoms with Crippen LogP contribution in [0.1, 0.15) is 25.7 Å². The lowest BCUT2D eigenvalue weighted by Gasteiger charge is -2.23. The van der Waals surface area contributed by atoms with E-state index >= 15 is 0 Å². The molecule has 55 valence electrons. The summed E-state index contributed by atoms with van der Waals surface area (Å²) in [6.07, 6.45) is 6.84. The molecule has 2 aliphatic rings. The molecular weight excluding hydrogens is 126 g/mol. The molecule has 2 fully saturated rings. The van der Waals surface area contributed by atoms with Crippen LogP contribution in [0.25, 0.3) is 0 Å². The van der Waals surface area contributed by atoms with Crippen LogP contribution >= 0.6 is 0 Å². The van der Waals surface area contributed by atoms with E-state index in [0.29, 0.717) is 12.0 Å². The van der Waals surface area contributed by atoms with Gasteiger partial charge in [-0.15, -0.1) is 0 Å². The maximum absolute atomic E-state index is 10.8. The molecule has 0 spiro atoms. The van der Waals surface area contributed by atoms with Crippen LogP contribution in [0.15, 0.2) is 0 Å². The van der Waals surface area contributed by atoms with Gasteiger partial charge in [-0.2, -0.15) is 0 Å². The highest BCUT2D eigenvalue weighted by Gasteiger charge is 2.33. The molecule has 2 unspecified atom stereocenters. The maximum Gasteiger partial charge on any atom is 0.224 e. The maximum atomic E-state index is 10.8. The summed E-state index contributed by atoms with van der Waals surface area (Å²) in [5, 5.41) is 2.96. The minimum absolute atomic E-state index is 0.150. The number of nitrogens with one attached hydrogen (secondary N) is 1. The van der Waals surface area contributed by atoms with E-state index in [1.165, 1.54) is 25.7 Å². The van der Waals surface area contributed by atoms with Crippen molar-refractivity contribution in [3.05, 3.63) is 6.42 Å². The first-order valence-corrected chi connectivity index (χ1v) is 4.01. The summed E-state index contributed by atoms with van der Waals surface area (Å²) in [7, 11) is 0. The molecule has 1 saturated carbocycles. The standard InChI is InChI=1S/C8H12NO/c10-8-5-6-3-1-2-4-7(6)9-8/h5-7H,1-4H2,(H,9,10). The van der Waals surface area contributed by atoms with Crippen LogP contribution < -0.4 is 5.32 Å². The van der Waals surface area contributed by atoms with Crippen molar-refractivity contribution in [3.8, 4) is 0 Å². The third-order valence-electron chi connectivity index (χ3n) is 2.51. The molecule has 10 heavy (non-hydrogen) atoms. The highest BCUT2D eigenvalue weighted by molar-refractivity contribution is 5.88. The van der Waals surface area contributed by atoms with Gasteiger partial charge in [0.25, 0.3) is 0 Å². The quantitative estimate of drug-likeness (QED) is 0.529. The van der Waals surface area contributed by atoms with Crippen LogP contribution in [0, 0.1) is 12.3 Å². The van der Waals surface area contributed by atoms with Gasteiger partial charge in [0.1, 0.15) is 0 Å². The molecule has 1 aliphatic heterocycles. The SMILES string of the molecule is O=C1[CH]C2CCCCC2N1. The van der Waals surface area contributed by atoms with Crippen LogP contribution in [0.4, 0.5) is 0 Å². The van der Waals surface area contributed by atoms with E-state index in [1.807, 2.05) is 6.42 Å². The number of hydrogen-bond acceptors (Lipinski definition) is 1. The van der Waals surface area contributed by atoms with Crippen molar-refractivity contribution in [2.75, 3.05) is 0 Å². The first-order valence-electron chi connectivity index (χ1n) is 4.01. The Balaban J connectivity index is 2.04. The number of carbonyl (C=O) groups excluding carboxylic acids is 1. The summed E-state index contributed by atoms with van der Waals surface area (Å²) in [6.45, 7) is 0. The summed E-state index contributed by atoms with van der Waals surface area (Å²) in [5.74, 6) is 0.707. The molecule has 2 rings (SSSR count). The van der Waals surface area contributed by atoms with Gasteiger partial charge < -0.3 is 5.32 Å². The molecular formula is C8H12NO. The Morgan fingerprint density at radius 3 is 3.00 bits per heavy atom. The minimum atomic E-state index is 0.150. The van der Waals surface area contributed by atoms with E-state index in [4.69, 9.17) is 0 Å². The van der Waals surface area contributed by atoms with Crippen molar-refractivity contribution in [2.45, 2.75) is 31.7 Å². The molecule has 0 bridgehead atoms. The summed E-state index contributed by atoms with van der Waals surface area (Å²) in [5.41, 5.74) is 0. The van der Waals surface area contributed by atoms with E-state index in [-0.39, 0.29) is 5.91 Å². The Morgan fingerprint density at radius 1 is 1.40 bits per heavy atom. The fourth-order valence-electron chi connectivity index (χ4n) is 1.96. The molecule has 1 radical (unpaired) electrons. The second-order valence-corrected chi connectivity index (χ2v) is 3.23. The van der Waals surface area contributed by atoms with Gasteiger partial charge in [0.05, 0.1) is 6.42 Å². The first kappa shape index (κ1) is 6.20. The largest absolute Gasteiger partial charge is 0.353 e. The molecule has 2 heteroatoms. The molecule has 0 aromatic heterocycles. The van der Waals surface area contributed by atoms with Crippen LogP contribution in [-0.2, 0) is 4.79 Å². The summed E-state index contributed by atoms with van der Waals surface area (Å²) >= 11 is 0. The van der Waals surface area contributed by atoms with Crippen LogP contribution in [-0.4, -0.2) is 11.9 Å². The van der Waals surface area contributed by atoms with Gasteiger partial charge in [-0.05, 0) is 18.8 Å². The molecule has 1 saturated heterocycles. The zero-order chi connectivity index (χ0) is 6.97. The number of amides is 1. The van der Waals surface area contributed by atoms with Gasteiger partial charge in [-0.1, -0.05) is 12.8 Å². The Bertz CT molecular complexity index is 139. The molecule has 0 aromatic rings. The van der Waals surface area contributed by atoms with Gasteiger partial charge >= 0.3 is 0 Å². The van der Waals surface area contributed by atoms with Crippen LogP contribution in [0.3, 0.4) is 0 Å². The number of fused-ring (bicyclic) bond motifs is 1. The van der Waals surface area contributed by atoms with Crippen molar-refractivity contribution >= 4 is 5.91 Å². The van der Waals surface area contributed by atoms with Crippen molar-refractivity contribution in [1.82, 2.24) is 5.32 Å². The fraction of sp³-hybridized carbons (Fsp3) is 0.750. The molecule has 1 heterocycles. The second-order valence-electron chi connectivity index (χ2n) is 3.23. The summed E-state index contributed by atoms with van der Waals surface area (Å²) in [6, 6.07) is 0.487. The number of carbonyl (C=O) groups is 1. The molecule has 1 amide bonds. The predicted octanol–water partition coefficient (Wildman–Crippen LogP) is 0.879. The Morgan fingerprint density at radius 2 is 2.20 bits per heavy atom. The average molecular weight is 138 g/mol. The topological polar surface area (TPSA) is 29.1 Å². The van der Waals surface area contributed by atoms with Crippen molar-refractivity contribution in [1.29, 1.82) is 0 Å². The van der Waals surface area contributed by atoms with E-state index in [0.717, 1.165) is 0 Å². The smallest absolute Gasteiger partial charge is 0.224 e. The zero-order valence-corrected chi connectivity index (χ0v) is 5.97. The Hall–Kier alpha value is -0.530. The van der Waals surface area contributed by atoms with E-state index in [9.17, 15) is 4.79 Å². The monoisotopic (exact) mass is 138 g/mol. The number of hydrogen-bond donors (Lipinski definition) is 1. The third-order valence-corrected chi connectivity index (χ3v) is 2.51. The molecule has 1 aliphatic carbocycles. The van der Waals surface area contributed by atoms with Gasteiger partial charge in [0, 0.05) is 6.04 Å². The molecule has 2 nitrogen and oxygen atoms in total. The molecule has 1 N–H and O–H groups in total. The third kappa shape index (κ3) is 0.917. The van der Waals surface area contributed by atoms with Gasteiger partial charge in [-0.25, -0.2) is 0 Å².